The van der Waals surface area contributed by atoms with Crippen molar-refractivity contribution in [1.29, 1.82) is 0 Å². The summed E-state index contributed by atoms with van der Waals surface area (Å²) >= 11 is 0. The zero-order chi connectivity index (χ0) is 19.6. The van der Waals surface area contributed by atoms with Gasteiger partial charge in [-0.3, -0.25) is 9.52 Å². The molecular weight excluding hydrogens is 364 g/mol. The van der Waals surface area contributed by atoms with Gasteiger partial charge in [0.2, 0.25) is 5.91 Å². The standard InChI is InChI=1S/C19H24N4O3S/c1-14-3-6-16(7-4-14)27(25,26)21-17-13-15(19(20)24)5-8-18(17)23-11-9-22(2)10-12-23/h3-8,13,21H,9-12H2,1-2H3,(H2,20,24). The van der Waals surface area contributed by atoms with Crippen LogP contribution in [0.15, 0.2) is 47.4 Å². The smallest absolute Gasteiger partial charge is 0.261 e. The van der Waals surface area contributed by atoms with E-state index in [4.69, 9.17) is 5.73 Å². The summed E-state index contributed by atoms with van der Waals surface area (Å²) in [5.74, 6) is -0.601. The molecule has 0 aliphatic carbocycles. The number of hydrogen-bond acceptors (Lipinski definition) is 5. The summed E-state index contributed by atoms with van der Waals surface area (Å²) in [6, 6.07) is 11.5. The molecule has 3 N–H and O–H groups in total. The molecule has 1 aliphatic rings. The van der Waals surface area contributed by atoms with Crippen LogP contribution in [0.4, 0.5) is 11.4 Å². The second-order valence-electron chi connectivity index (χ2n) is 6.81. The molecule has 8 heteroatoms. The first-order valence-corrected chi connectivity index (χ1v) is 10.2. The summed E-state index contributed by atoms with van der Waals surface area (Å²) in [5, 5.41) is 0. The predicted octanol–water partition coefficient (Wildman–Crippen LogP) is 1.65. The van der Waals surface area contributed by atoms with Gasteiger partial charge in [-0.2, -0.15) is 0 Å². The maximum atomic E-state index is 12.8. The molecule has 7 nitrogen and oxygen atoms in total. The first-order chi connectivity index (χ1) is 12.8. The van der Waals surface area contributed by atoms with Crippen molar-refractivity contribution in [2.24, 2.45) is 5.73 Å². The van der Waals surface area contributed by atoms with Crippen LogP contribution in [0.5, 0.6) is 0 Å². The van der Waals surface area contributed by atoms with Gasteiger partial charge in [0.15, 0.2) is 0 Å². The largest absolute Gasteiger partial charge is 0.367 e. The lowest BCUT2D eigenvalue weighted by atomic mass is 10.1. The third-order valence-electron chi connectivity index (χ3n) is 4.70. The number of amides is 1. The van der Waals surface area contributed by atoms with Crippen LogP contribution in [0, 0.1) is 6.92 Å². The molecule has 2 aromatic rings. The van der Waals surface area contributed by atoms with Gasteiger partial charge >= 0.3 is 0 Å². The molecule has 0 aromatic heterocycles. The molecular formula is C19H24N4O3S. The third-order valence-corrected chi connectivity index (χ3v) is 6.08. The SMILES string of the molecule is Cc1ccc(S(=O)(=O)Nc2cc(C(N)=O)ccc2N2CCN(C)CC2)cc1. The van der Waals surface area contributed by atoms with Crippen molar-refractivity contribution in [1.82, 2.24) is 4.90 Å². The van der Waals surface area contributed by atoms with Gasteiger partial charge in [0.25, 0.3) is 10.0 Å². The van der Waals surface area contributed by atoms with E-state index in [1.807, 2.05) is 6.92 Å². The highest BCUT2D eigenvalue weighted by molar-refractivity contribution is 7.92. The van der Waals surface area contributed by atoms with E-state index in [-0.39, 0.29) is 10.5 Å². The van der Waals surface area contributed by atoms with Crippen molar-refractivity contribution < 1.29 is 13.2 Å². The number of benzene rings is 2. The Labute approximate surface area is 159 Å². The number of primary amides is 1. The Balaban J connectivity index is 1.97. The quantitative estimate of drug-likeness (QED) is 0.812. The second kappa shape index (κ2) is 7.58. The van der Waals surface area contributed by atoms with E-state index in [1.165, 1.54) is 6.07 Å². The average Bonchev–Trinajstić information content (AvgIpc) is 2.62. The highest BCUT2D eigenvalue weighted by Crippen LogP contribution is 2.30. The fourth-order valence-corrected chi connectivity index (χ4v) is 4.08. The van der Waals surface area contributed by atoms with Gasteiger partial charge in [-0.1, -0.05) is 17.7 Å². The van der Waals surface area contributed by atoms with Crippen molar-refractivity contribution in [2.45, 2.75) is 11.8 Å². The molecule has 27 heavy (non-hydrogen) atoms. The number of hydrogen-bond donors (Lipinski definition) is 2. The van der Waals surface area contributed by atoms with Crippen LogP contribution < -0.4 is 15.4 Å². The molecule has 3 rings (SSSR count). The van der Waals surface area contributed by atoms with Gasteiger partial charge in [-0.05, 0) is 44.3 Å². The minimum absolute atomic E-state index is 0.168. The molecule has 0 radical (unpaired) electrons. The van der Waals surface area contributed by atoms with E-state index in [0.29, 0.717) is 5.69 Å². The Kier molecular flexibility index (Phi) is 5.38. The third kappa shape index (κ3) is 4.40. The Morgan fingerprint density at radius 1 is 1.04 bits per heavy atom. The zero-order valence-corrected chi connectivity index (χ0v) is 16.3. The molecule has 2 aromatic carbocycles. The molecule has 0 bridgehead atoms. The molecule has 0 spiro atoms. The van der Waals surface area contributed by atoms with Crippen LogP contribution in [-0.4, -0.2) is 52.5 Å². The minimum Gasteiger partial charge on any atom is -0.367 e. The lowest BCUT2D eigenvalue weighted by Gasteiger charge is -2.35. The molecule has 144 valence electrons. The van der Waals surface area contributed by atoms with Gasteiger partial charge in [-0.25, -0.2) is 8.42 Å². The van der Waals surface area contributed by atoms with E-state index >= 15 is 0 Å². The first-order valence-electron chi connectivity index (χ1n) is 8.73. The molecule has 0 atom stereocenters. The summed E-state index contributed by atoms with van der Waals surface area (Å²) in [6.07, 6.45) is 0. The number of anilines is 2. The van der Waals surface area contributed by atoms with Crippen molar-refractivity contribution in [3.8, 4) is 0 Å². The van der Waals surface area contributed by atoms with E-state index < -0.39 is 15.9 Å². The molecule has 1 aliphatic heterocycles. The van der Waals surface area contributed by atoms with E-state index in [0.717, 1.165) is 37.4 Å². The number of sulfonamides is 1. The number of nitrogens with two attached hydrogens (primary N) is 1. The summed E-state index contributed by atoms with van der Waals surface area (Å²) < 4.78 is 28.3. The molecule has 1 fully saturated rings. The van der Waals surface area contributed by atoms with Gasteiger partial charge in [0, 0.05) is 31.7 Å². The maximum Gasteiger partial charge on any atom is 0.261 e. The lowest BCUT2D eigenvalue weighted by Crippen LogP contribution is -2.44. The molecule has 1 heterocycles. The summed E-state index contributed by atoms with van der Waals surface area (Å²) in [4.78, 5) is 16.1. The van der Waals surface area contributed by atoms with Gasteiger partial charge < -0.3 is 15.5 Å². The first kappa shape index (κ1) is 19.2. The predicted molar refractivity (Wildman–Crippen MR) is 107 cm³/mol. The van der Waals surface area contributed by atoms with Crippen molar-refractivity contribution in [3.63, 3.8) is 0 Å². The lowest BCUT2D eigenvalue weighted by molar-refractivity contribution is 0.100. The van der Waals surface area contributed by atoms with Crippen LogP contribution in [0.25, 0.3) is 0 Å². The summed E-state index contributed by atoms with van der Waals surface area (Å²) in [6.45, 7) is 5.19. The summed E-state index contributed by atoms with van der Waals surface area (Å²) in [7, 11) is -1.73. The topological polar surface area (TPSA) is 95.7 Å². The average molecular weight is 388 g/mol. The highest BCUT2D eigenvalue weighted by atomic mass is 32.2. The van der Waals surface area contributed by atoms with Crippen LogP contribution in [-0.2, 0) is 10.0 Å². The Bertz CT molecular complexity index is 934. The maximum absolute atomic E-state index is 12.8. The van der Waals surface area contributed by atoms with Crippen LogP contribution in [0.2, 0.25) is 0 Å². The fraction of sp³-hybridized carbons (Fsp3) is 0.316. The number of nitrogens with zero attached hydrogens (tertiary/aromatic N) is 2. The van der Waals surface area contributed by atoms with Crippen molar-refractivity contribution >= 4 is 27.3 Å². The fourth-order valence-electron chi connectivity index (χ4n) is 3.02. The van der Waals surface area contributed by atoms with Gasteiger partial charge in [-0.15, -0.1) is 0 Å². The molecule has 1 amide bonds. The van der Waals surface area contributed by atoms with Crippen molar-refractivity contribution in [2.75, 3.05) is 42.8 Å². The number of carbonyl (C=O) groups excluding carboxylic acids is 1. The Hall–Kier alpha value is -2.58. The Morgan fingerprint density at radius 3 is 2.26 bits per heavy atom. The van der Waals surface area contributed by atoms with Gasteiger partial charge in [0.05, 0.1) is 16.3 Å². The zero-order valence-electron chi connectivity index (χ0n) is 15.5. The van der Waals surface area contributed by atoms with E-state index in [2.05, 4.69) is 21.6 Å². The minimum atomic E-state index is -3.78. The number of piperazine rings is 1. The van der Waals surface area contributed by atoms with Crippen molar-refractivity contribution in [3.05, 3.63) is 53.6 Å². The number of nitrogens with one attached hydrogen (secondary N) is 1. The number of aryl methyl sites for hydroxylation is 1. The number of rotatable bonds is 5. The normalized spacial score (nSPS) is 15.6. The monoisotopic (exact) mass is 388 g/mol. The molecule has 0 unspecified atom stereocenters. The van der Waals surface area contributed by atoms with Crippen LogP contribution >= 0.6 is 0 Å². The highest BCUT2D eigenvalue weighted by Gasteiger charge is 2.22. The Morgan fingerprint density at radius 2 is 1.67 bits per heavy atom. The molecule has 1 saturated heterocycles. The second-order valence-corrected chi connectivity index (χ2v) is 8.49. The van der Waals surface area contributed by atoms with Crippen LogP contribution in [0.3, 0.4) is 0 Å². The van der Waals surface area contributed by atoms with Gasteiger partial charge in [0.1, 0.15) is 0 Å². The number of likely N-dealkylation sites (N-methyl/N-ethyl adjacent to an activating group) is 1. The molecule has 0 saturated carbocycles. The summed E-state index contributed by atoms with van der Waals surface area (Å²) in [5.41, 5.74) is 7.72. The number of carbonyl (C=O) groups is 1. The van der Waals surface area contributed by atoms with E-state index in [1.54, 1.807) is 36.4 Å². The van der Waals surface area contributed by atoms with Crippen LogP contribution in [0.1, 0.15) is 15.9 Å². The van der Waals surface area contributed by atoms with E-state index in [9.17, 15) is 13.2 Å².